The average Bonchev–Trinajstić information content (AvgIpc) is 3.20. The lowest BCUT2D eigenvalue weighted by atomic mass is 10.1. The molecule has 156 valence electrons. The van der Waals surface area contributed by atoms with Crippen LogP contribution in [0.15, 0.2) is 60.3 Å². The summed E-state index contributed by atoms with van der Waals surface area (Å²) in [4.78, 5) is 22.8. The highest BCUT2D eigenvalue weighted by Crippen LogP contribution is 2.31. The topological polar surface area (TPSA) is 125 Å². The molecule has 11 heteroatoms. The molecule has 3 rings (SSSR count). The lowest BCUT2D eigenvalue weighted by molar-refractivity contribution is -0.384. The number of H-pyrrole nitrogens is 1. The number of carbonyl (C=O) groups excluding carboxylic acids is 1. The van der Waals surface area contributed by atoms with E-state index in [-0.39, 0.29) is 16.9 Å². The molecule has 0 saturated carbocycles. The first-order valence-corrected chi connectivity index (χ1v) is 8.57. The van der Waals surface area contributed by atoms with Crippen LogP contribution in [-0.2, 0) is 11.0 Å². The summed E-state index contributed by atoms with van der Waals surface area (Å²) in [6.07, 6.45) is -2.09. The zero-order valence-corrected chi connectivity index (χ0v) is 15.5. The smallest absolute Gasteiger partial charge is 0.321 e. The summed E-state index contributed by atoms with van der Waals surface area (Å²) >= 11 is 0. The van der Waals surface area contributed by atoms with Crippen LogP contribution in [0.2, 0.25) is 0 Å². The van der Waals surface area contributed by atoms with Crippen molar-refractivity contribution in [3.8, 4) is 17.3 Å². The summed E-state index contributed by atoms with van der Waals surface area (Å²) in [5, 5.41) is 29.1. The molecule has 1 heterocycles. The number of benzene rings is 2. The van der Waals surface area contributed by atoms with E-state index in [1.54, 1.807) is 12.1 Å². The van der Waals surface area contributed by atoms with E-state index in [4.69, 9.17) is 0 Å². The third-order valence-electron chi connectivity index (χ3n) is 4.13. The number of hydrogen-bond donors (Lipinski definition) is 2. The molecule has 0 atom stereocenters. The Kier molecular flexibility index (Phi) is 5.83. The van der Waals surface area contributed by atoms with Gasteiger partial charge in [0.05, 0.1) is 22.4 Å². The van der Waals surface area contributed by atoms with Gasteiger partial charge in [-0.3, -0.25) is 20.0 Å². The second kappa shape index (κ2) is 8.50. The van der Waals surface area contributed by atoms with Crippen molar-refractivity contribution in [3.63, 3.8) is 0 Å². The van der Waals surface area contributed by atoms with Crippen molar-refractivity contribution >= 4 is 23.4 Å². The lowest BCUT2D eigenvalue weighted by Gasteiger charge is -2.09. The third-order valence-corrected chi connectivity index (χ3v) is 4.13. The van der Waals surface area contributed by atoms with Crippen molar-refractivity contribution in [1.29, 1.82) is 5.26 Å². The van der Waals surface area contributed by atoms with Gasteiger partial charge in [-0.2, -0.15) is 23.5 Å². The number of halogens is 3. The van der Waals surface area contributed by atoms with Crippen LogP contribution in [0.25, 0.3) is 17.3 Å². The van der Waals surface area contributed by atoms with Crippen molar-refractivity contribution < 1.29 is 22.9 Å². The van der Waals surface area contributed by atoms with Gasteiger partial charge in [0.1, 0.15) is 11.6 Å². The minimum atomic E-state index is -4.58. The number of non-ortho nitro benzene ring substituents is 1. The molecule has 0 aliphatic heterocycles. The Morgan fingerprint density at radius 2 is 1.97 bits per heavy atom. The Bertz CT molecular complexity index is 1230. The molecule has 31 heavy (non-hydrogen) atoms. The molecule has 0 saturated heterocycles. The number of nitro groups is 1. The molecule has 1 aromatic heterocycles. The number of nitro benzene ring substituents is 1. The second-order valence-electron chi connectivity index (χ2n) is 6.21. The van der Waals surface area contributed by atoms with E-state index in [0.717, 1.165) is 18.2 Å². The molecule has 0 unspecified atom stereocenters. The predicted octanol–water partition coefficient (Wildman–Crippen LogP) is 4.55. The minimum absolute atomic E-state index is 0.132. The van der Waals surface area contributed by atoms with Crippen molar-refractivity contribution in [2.75, 3.05) is 5.32 Å². The molecule has 0 radical (unpaired) electrons. The van der Waals surface area contributed by atoms with Crippen molar-refractivity contribution in [1.82, 2.24) is 10.2 Å². The van der Waals surface area contributed by atoms with Crippen LogP contribution in [-0.4, -0.2) is 21.0 Å². The fraction of sp³-hybridized carbons (Fsp3) is 0.0500. The number of alkyl halides is 3. The van der Waals surface area contributed by atoms with Crippen LogP contribution < -0.4 is 5.32 Å². The number of nitrogens with zero attached hydrogens (tertiary/aromatic N) is 3. The molecule has 0 spiro atoms. The molecule has 2 N–H and O–H groups in total. The van der Waals surface area contributed by atoms with Gasteiger partial charge in [-0.05, 0) is 24.3 Å². The lowest BCUT2D eigenvalue weighted by Crippen LogP contribution is -2.14. The Hall–Kier alpha value is -4.46. The Labute approximate surface area is 172 Å². The fourth-order valence-corrected chi connectivity index (χ4v) is 2.69. The molecule has 8 nitrogen and oxygen atoms in total. The van der Waals surface area contributed by atoms with Gasteiger partial charge in [-0.15, -0.1) is 0 Å². The van der Waals surface area contributed by atoms with E-state index in [1.165, 1.54) is 36.5 Å². The normalized spacial score (nSPS) is 11.6. The van der Waals surface area contributed by atoms with E-state index < -0.39 is 28.1 Å². The average molecular weight is 427 g/mol. The van der Waals surface area contributed by atoms with Gasteiger partial charge in [0.2, 0.25) is 0 Å². The SMILES string of the molecule is N#CC(=Cc1cn[nH]c1-c1cccc([N+](=O)[O-])c1)C(=O)Nc1cccc(C(F)(F)F)c1. The summed E-state index contributed by atoms with van der Waals surface area (Å²) in [7, 11) is 0. The number of nitrogens with one attached hydrogen (secondary N) is 2. The maximum Gasteiger partial charge on any atom is 0.416 e. The number of aromatic amines is 1. The van der Waals surface area contributed by atoms with E-state index >= 15 is 0 Å². The molecular weight excluding hydrogens is 415 g/mol. The van der Waals surface area contributed by atoms with Crippen LogP contribution in [0.3, 0.4) is 0 Å². The zero-order chi connectivity index (χ0) is 22.6. The van der Waals surface area contributed by atoms with Crippen molar-refractivity contribution in [2.24, 2.45) is 0 Å². The summed E-state index contributed by atoms with van der Waals surface area (Å²) in [5.74, 6) is -0.923. The number of amides is 1. The molecule has 0 fully saturated rings. The van der Waals surface area contributed by atoms with Crippen molar-refractivity contribution in [3.05, 3.63) is 81.5 Å². The van der Waals surface area contributed by atoms with E-state index in [1.807, 2.05) is 0 Å². The van der Waals surface area contributed by atoms with Gasteiger partial charge in [-0.25, -0.2) is 0 Å². The standard InChI is InChI=1S/C20H12F3N5O3/c21-20(22,23)15-4-2-5-16(9-15)26-19(29)13(10-24)7-14-11-25-27-18(14)12-3-1-6-17(8-12)28(30)31/h1-9,11H,(H,25,27)(H,26,29). The first kappa shape index (κ1) is 21.3. The minimum Gasteiger partial charge on any atom is -0.321 e. The molecule has 1 amide bonds. The Balaban J connectivity index is 1.89. The maximum atomic E-state index is 12.8. The highest BCUT2D eigenvalue weighted by Gasteiger charge is 2.30. The van der Waals surface area contributed by atoms with Gasteiger partial charge < -0.3 is 5.32 Å². The maximum absolute atomic E-state index is 12.8. The number of anilines is 1. The van der Waals surface area contributed by atoms with Crippen LogP contribution in [0, 0.1) is 21.4 Å². The number of hydrogen-bond acceptors (Lipinski definition) is 5. The van der Waals surface area contributed by atoms with Gasteiger partial charge >= 0.3 is 6.18 Å². The van der Waals surface area contributed by atoms with E-state index in [9.17, 15) is 33.3 Å². The highest BCUT2D eigenvalue weighted by atomic mass is 19.4. The van der Waals surface area contributed by atoms with E-state index in [2.05, 4.69) is 15.5 Å². The predicted molar refractivity (Wildman–Crippen MR) is 104 cm³/mol. The summed E-state index contributed by atoms with van der Waals surface area (Å²) < 4.78 is 38.5. The quantitative estimate of drug-likeness (QED) is 0.267. The number of carbonyl (C=O) groups is 1. The van der Waals surface area contributed by atoms with Crippen LogP contribution in [0.4, 0.5) is 24.5 Å². The first-order valence-electron chi connectivity index (χ1n) is 8.57. The molecular formula is C20H12F3N5O3. The van der Waals surface area contributed by atoms with Crippen LogP contribution >= 0.6 is 0 Å². The zero-order valence-electron chi connectivity index (χ0n) is 15.5. The first-order chi connectivity index (χ1) is 14.7. The largest absolute Gasteiger partial charge is 0.416 e. The molecule has 0 aliphatic carbocycles. The number of nitriles is 1. The summed E-state index contributed by atoms with van der Waals surface area (Å²) in [6, 6.07) is 11.3. The summed E-state index contributed by atoms with van der Waals surface area (Å²) in [5.41, 5.74) is -0.633. The monoisotopic (exact) mass is 427 g/mol. The number of aromatic nitrogens is 2. The van der Waals surface area contributed by atoms with Gasteiger partial charge in [-0.1, -0.05) is 18.2 Å². The Morgan fingerprint density at radius 1 is 1.23 bits per heavy atom. The van der Waals surface area contributed by atoms with Gasteiger partial charge in [0.25, 0.3) is 11.6 Å². The molecule has 0 aliphatic rings. The fourth-order valence-electron chi connectivity index (χ4n) is 2.69. The molecule has 2 aromatic carbocycles. The molecule has 3 aromatic rings. The van der Waals surface area contributed by atoms with E-state index in [0.29, 0.717) is 11.3 Å². The Morgan fingerprint density at radius 3 is 2.65 bits per heavy atom. The van der Waals surface area contributed by atoms with Crippen LogP contribution in [0.5, 0.6) is 0 Å². The van der Waals surface area contributed by atoms with Crippen LogP contribution in [0.1, 0.15) is 11.1 Å². The molecule has 0 bridgehead atoms. The highest BCUT2D eigenvalue weighted by molar-refractivity contribution is 6.10. The second-order valence-corrected chi connectivity index (χ2v) is 6.21. The van der Waals surface area contributed by atoms with Gasteiger partial charge in [0, 0.05) is 28.9 Å². The van der Waals surface area contributed by atoms with Gasteiger partial charge in [0.15, 0.2) is 0 Å². The third kappa shape index (κ3) is 4.94. The van der Waals surface area contributed by atoms with Crippen molar-refractivity contribution in [2.45, 2.75) is 6.18 Å². The summed E-state index contributed by atoms with van der Waals surface area (Å²) in [6.45, 7) is 0. The number of rotatable bonds is 5.